The summed E-state index contributed by atoms with van der Waals surface area (Å²) >= 11 is 0. The first-order valence-corrected chi connectivity index (χ1v) is 10.4. The molecule has 5 heteroatoms. The van der Waals surface area contributed by atoms with Crippen LogP contribution in [0.5, 0.6) is 0 Å². The Kier molecular flexibility index (Phi) is 10.3. The van der Waals surface area contributed by atoms with Crippen LogP contribution < -0.4 is 29.6 Å². The Morgan fingerprint density at radius 1 is 0.880 bits per heavy atom. The SMILES string of the molecule is CCCCCCCCCCc1cc(S(=O)(=O)[O-])c2ccccc2c1.[Na+]. The molecule has 0 atom stereocenters. The molecule has 2 aromatic carbocycles. The van der Waals surface area contributed by atoms with E-state index in [0.717, 1.165) is 30.2 Å². The van der Waals surface area contributed by atoms with Gasteiger partial charge in [0, 0.05) is 0 Å². The van der Waals surface area contributed by atoms with E-state index in [-0.39, 0.29) is 34.5 Å². The molecule has 132 valence electrons. The van der Waals surface area contributed by atoms with E-state index in [1.807, 2.05) is 18.2 Å². The Hall–Kier alpha value is -0.390. The predicted molar refractivity (Wildman–Crippen MR) is 98.2 cm³/mol. The van der Waals surface area contributed by atoms with Gasteiger partial charge in [-0.2, -0.15) is 0 Å². The van der Waals surface area contributed by atoms with Crippen LogP contribution in [0.15, 0.2) is 41.3 Å². The van der Waals surface area contributed by atoms with Crippen molar-refractivity contribution in [3.8, 4) is 0 Å². The third-order valence-corrected chi connectivity index (χ3v) is 5.35. The third kappa shape index (κ3) is 7.40. The van der Waals surface area contributed by atoms with Crippen molar-refractivity contribution < 1.29 is 42.5 Å². The van der Waals surface area contributed by atoms with Crippen molar-refractivity contribution >= 4 is 20.9 Å². The first-order chi connectivity index (χ1) is 11.5. The molecule has 0 amide bonds. The minimum atomic E-state index is -4.45. The van der Waals surface area contributed by atoms with Gasteiger partial charge in [0.15, 0.2) is 0 Å². The van der Waals surface area contributed by atoms with Crippen molar-refractivity contribution in [1.82, 2.24) is 0 Å². The van der Waals surface area contributed by atoms with Crippen LogP contribution in [0.3, 0.4) is 0 Å². The van der Waals surface area contributed by atoms with Crippen molar-refractivity contribution in [3.05, 3.63) is 42.0 Å². The maximum Gasteiger partial charge on any atom is 1.00 e. The van der Waals surface area contributed by atoms with Gasteiger partial charge in [0.2, 0.25) is 0 Å². The van der Waals surface area contributed by atoms with Gasteiger partial charge >= 0.3 is 29.6 Å². The van der Waals surface area contributed by atoms with Crippen molar-refractivity contribution in [2.24, 2.45) is 0 Å². The molecule has 0 saturated carbocycles. The van der Waals surface area contributed by atoms with Crippen LogP contribution in [0.2, 0.25) is 0 Å². The van der Waals surface area contributed by atoms with Gasteiger partial charge in [-0.05, 0) is 35.2 Å². The summed E-state index contributed by atoms with van der Waals surface area (Å²) < 4.78 is 34.6. The van der Waals surface area contributed by atoms with Crippen molar-refractivity contribution in [2.45, 2.75) is 69.6 Å². The average Bonchev–Trinajstić information content (AvgIpc) is 2.55. The van der Waals surface area contributed by atoms with Gasteiger partial charge in [-0.25, -0.2) is 8.42 Å². The van der Waals surface area contributed by atoms with Gasteiger partial charge in [-0.3, -0.25) is 0 Å². The topological polar surface area (TPSA) is 57.2 Å². The van der Waals surface area contributed by atoms with E-state index >= 15 is 0 Å². The molecule has 2 aromatic rings. The molecule has 0 heterocycles. The zero-order valence-corrected chi connectivity index (χ0v) is 18.3. The number of rotatable bonds is 10. The second kappa shape index (κ2) is 11.3. The number of hydrogen-bond acceptors (Lipinski definition) is 3. The number of hydrogen-bond donors (Lipinski definition) is 0. The normalized spacial score (nSPS) is 11.4. The molecule has 0 aliphatic rings. The Bertz CT molecular complexity index is 757. The summed E-state index contributed by atoms with van der Waals surface area (Å²) in [7, 11) is -4.45. The quantitative estimate of drug-likeness (QED) is 0.367. The fourth-order valence-electron chi connectivity index (χ4n) is 3.15. The minimum Gasteiger partial charge on any atom is -0.744 e. The number of aryl methyl sites for hydroxylation is 1. The second-order valence-electron chi connectivity index (χ2n) is 6.49. The number of unbranched alkanes of at least 4 members (excludes halogenated alkanes) is 7. The summed E-state index contributed by atoms with van der Waals surface area (Å²) in [6.07, 6.45) is 10.7. The number of benzene rings is 2. The fraction of sp³-hybridized carbons (Fsp3) is 0.500. The summed E-state index contributed by atoms with van der Waals surface area (Å²) in [6.45, 7) is 2.22. The van der Waals surface area contributed by atoms with Gasteiger partial charge < -0.3 is 4.55 Å². The van der Waals surface area contributed by atoms with Gasteiger partial charge in [0.25, 0.3) is 0 Å². The molecule has 0 aromatic heterocycles. The molecule has 3 nitrogen and oxygen atoms in total. The Morgan fingerprint density at radius 2 is 1.48 bits per heavy atom. The van der Waals surface area contributed by atoms with Crippen molar-refractivity contribution in [3.63, 3.8) is 0 Å². The smallest absolute Gasteiger partial charge is 0.744 e. The molecule has 0 radical (unpaired) electrons. The molecule has 0 bridgehead atoms. The van der Waals surface area contributed by atoms with Crippen molar-refractivity contribution in [1.29, 1.82) is 0 Å². The van der Waals surface area contributed by atoms with Crippen LogP contribution >= 0.6 is 0 Å². The van der Waals surface area contributed by atoms with Gasteiger partial charge in [-0.15, -0.1) is 0 Å². The van der Waals surface area contributed by atoms with Crippen LogP contribution in [0.4, 0.5) is 0 Å². The molecule has 25 heavy (non-hydrogen) atoms. The Labute approximate surface area is 174 Å². The van der Waals surface area contributed by atoms with E-state index in [0.29, 0.717) is 5.39 Å². The molecule has 0 N–H and O–H groups in total. The van der Waals surface area contributed by atoms with Crippen LogP contribution in [-0.2, 0) is 16.5 Å². The van der Waals surface area contributed by atoms with Crippen LogP contribution in [0, 0.1) is 0 Å². The molecule has 0 aliphatic carbocycles. The number of fused-ring (bicyclic) bond motifs is 1. The largest absolute Gasteiger partial charge is 1.00 e. The summed E-state index contributed by atoms with van der Waals surface area (Å²) in [5.74, 6) is 0. The Balaban J connectivity index is 0.00000312. The van der Waals surface area contributed by atoms with E-state index < -0.39 is 10.1 Å². The monoisotopic (exact) mass is 370 g/mol. The van der Waals surface area contributed by atoms with Gasteiger partial charge in [0.05, 0.1) is 4.90 Å². The van der Waals surface area contributed by atoms with E-state index in [9.17, 15) is 13.0 Å². The summed E-state index contributed by atoms with van der Waals surface area (Å²) in [6, 6.07) is 10.7. The maximum atomic E-state index is 11.5. The van der Waals surface area contributed by atoms with Gasteiger partial charge in [-0.1, -0.05) is 82.2 Å². The van der Waals surface area contributed by atoms with E-state index in [1.54, 1.807) is 18.2 Å². The predicted octanol–water partition coefficient (Wildman–Crippen LogP) is 2.43. The maximum absolute atomic E-state index is 11.5. The van der Waals surface area contributed by atoms with E-state index in [1.165, 1.54) is 38.5 Å². The van der Waals surface area contributed by atoms with Crippen molar-refractivity contribution in [2.75, 3.05) is 0 Å². The zero-order valence-electron chi connectivity index (χ0n) is 15.5. The molecular formula is C20H27NaO3S. The third-order valence-electron chi connectivity index (χ3n) is 4.47. The molecule has 0 saturated heterocycles. The molecule has 2 rings (SSSR count). The molecule has 0 spiro atoms. The average molecular weight is 370 g/mol. The Morgan fingerprint density at radius 3 is 2.12 bits per heavy atom. The summed E-state index contributed by atoms with van der Waals surface area (Å²) in [5, 5.41) is 1.34. The standard InChI is InChI=1S/C20H28O3S.Na/c1-2-3-4-5-6-7-8-9-12-17-15-18-13-10-11-14-19(18)20(16-17)24(21,22)23;/h10-11,13-16H,2-9,12H2,1H3,(H,21,22,23);/q;+1/p-1. The van der Waals surface area contributed by atoms with E-state index in [2.05, 4.69) is 6.92 Å². The summed E-state index contributed by atoms with van der Waals surface area (Å²) in [4.78, 5) is -0.0878. The van der Waals surface area contributed by atoms with Crippen LogP contribution in [-0.4, -0.2) is 13.0 Å². The van der Waals surface area contributed by atoms with Crippen LogP contribution in [0.25, 0.3) is 10.8 Å². The zero-order chi connectivity index (χ0) is 17.4. The van der Waals surface area contributed by atoms with Gasteiger partial charge in [0.1, 0.15) is 10.1 Å². The first kappa shape index (κ1) is 22.7. The molecular weight excluding hydrogens is 343 g/mol. The minimum absolute atomic E-state index is 0. The first-order valence-electron chi connectivity index (χ1n) is 9.00. The fourth-order valence-corrected chi connectivity index (χ4v) is 3.90. The van der Waals surface area contributed by atoms with E-state index in [4.69, 9.17) is 0 Å². The van der Waals surface area contributed by atoms with Crippen LogP contribution in [0.1, 0.15) is 63.9 Å². The summed E-state index contributed by atoms with van der Waals surface area (Å²) in [5.41, 5.74) is 0.939. The molecule has 0 unspecified atom stereocenters. The second-order valence-corrected chi connectivity index (χ2v) is 7.84. The molecule has 0 fully saturated rings. The molecule has 0 aliphatic heterocycles.